The second-order valence-electron chi connectivity index (χ2n) is 10.3. The first-order valence-electron chi connectivity index (χ1n) is 14.1. The van der Waals surface area contributed by atoms with Crippen molar-refractivity contribution in [1.82, 2.24) is 14.8 Å². The van der Waals surface area contributed by atoms with E-state index in [0.717, 1.165) is 48.1 Å². The maximum absolute atomic E-state index is 12.7. The normalized spacial score (nSPS) is 11.8. The molecule has 1 N–H and O–H groups in total. The lowest BCUT2D eigenvalue weighted by atomic mass is 10.1. The van der Waals surface area contributed by atoms with Gasteiger partial charge in [0.1, 0.15) is 11.6 Å². The van der Waals surface area contributed by atoms with Crippen molar-refractivity contribution in [1.29, 1.82) is 5.26 Å². The highest BCUT2D eigenvalue weighted by molar-refractivity contribution is 6.04. The van der Waals surface area contributed by atoms with E-state index in [1.165, 1.54) is 64.2 Å². The van der Waals surface area contributed by atoms with Crippen LogP contribution >= 0.6 is 0 Å². The molecule has 0 fully saturated rings. The molecule has 1 amide bonds. The van der Waals surface area contributed by atoms with E-state index < -0.39 is 0 Å². The number of benzene rings is 1. The minimum atomic E-state index is -0.273. The molecule has 2 rings (SSSR count). The Balaban J connectivity index is 1.80. The minimum Gasteiger partial charge on any atom is -0.351 e. The predicted molar refractivity (Wildman–Crippen MR) is 153 cm³/mol. The van der Waals surface area contributed by atoms with E-state index in [9.17, 15) is 10.1 Å². The summed E-state index contributed by atoms with van der Waals surface area (Å²) in [6.07, 6.45) is 17.3. The van der Waals surface area contributed by atoms with Gasteiger partial charge in [-0.2, -0.15) is 5.26 Å². The van der Waals surface area contributed by atoms with Crippen molar-refractivity contribution in [2.24, 2.45) is 0 Å². The summed E-state index contributed by atoms with van der Waals surface area (Å²) in [6.45, 7) is 6.74. The molecule has 1 aromatic heterocycles. The number of hydrogen-bond donors (Lipinski definition) is 1. The highest BCUT2D eigenvalue weighted by Gasteiger charge is 2.15. The number of nitrogens with one attached hydrogen (secondary N) is 1. The van der Waals surface area contributed by atoms with Crippen LogP contribution in [0.25, 0.3) is 17.0 Å². The topological polar surface area (TPSA) is 61.1 Å². The van der Waals surface area contributed by atoms with E-state index in [-0.39, 0.29) is 11.5 Å². The molecule has 0 bridgehead atoms. The number of likely N-dealkylation sites (N-methyl/N-ethyl adjacent to an activating group) is 1. The molecule has 0 aliphatic carbocycles. The molecule has 0 saturated carbocycles. The van der Waals surface area contributed by atoms with Crippen molar-refractivity contribution >= 4 is 22.9 Å². The van der Waals surface area contributed by atoms with Gasteiger partial charge in [-0.3, -0.25) is 4.79 Å². The Bertz CT molecular complexity index is 996. The summed E-state index contributed by atoms with van der Waals surface area (Å²) >= 11 is 0. The summed E-state index contributed by atoms with van der Waals surface area (Å²) in [5.41, 5.74) is 3.35. The van der Waals surface area contributed by atoms with Crippen LogP contribution in [0.4, 0.5) is 0 Å². The highest BCUT2D eigenvalue weighted by Crippen LogP contribution is 2.28. The highest BCUT2D eigenvalue weighted by atomic mass is 16.1. The zero-order chi connectivity index (χ0) is 26.2. The lowest BCUT2D eigenvalue weighted by molar-refractivity contribution is -0.117. The van der Waals surface area contributed by atoms with Crippen molar-refractivity contribution in [3.8, 4) is 6.07 Å². The molecular weight excluding hydrogens is 444 g/mol. The molecule has 198 valence electrons. The fourth-order valence-electron chi connectivity index (χ4n) is 4.78. The van der Waals surface area contributed by atoms with Gasteiger partial charge in [-0.15, -0.1) is 0 Å². The first kappa shape index (κ1) is 29.6. The third kappa shape index (κ3) is 9.82. The lowest BCUT2D eigenvalue weighted by Gasteiger charge is -2.13. The number of rotatable bonds is 18. The van der Waals surface area contributed by atoms with E-state index in [4.69, 9.17) is 0 Å². The number of amides is 1. The molecule has 0 radical (unpaired) electrons. The Morgan fingerprint density at radius 2 is 1.56 bits per heavy atom. The number of hydrogen-bond acceptors (Lipinski definition) is 3. The smallest absolute Gasteiger partial charge is 0.261 e. The molecule has 0 aliphatic heterocycles. The molecule has 5 nitrogen and oxygen atoms in total. The van der Waals surface area contributed by atoms with Gasteiger partial charge < -0.3 is 14.8 Å². The lowest BCUT2D eigenvalue weighted by Crippen LogP contribution is -2.25. The average Bonchev–Trinajstić information content (AvgIpc) is 3.14. The van der Waals surface area contributed by atoms with Crippen molar-refractivity contribution in [3.63, 3.8) is 0 Å². The Morgan fingerprint density at radius 3 is 2.14 bits per heavy atom. The van der Waals surface area contributed by atoms with Gasteiger partial charge in [0.25, 0.3) is 5.91 Å². The molecule has 5 heteroatoms. The Morgan fingerprint density at radius 1 is 0.972 bits per heavy atom. The van der Waals surface area contributed by atoms with Crippen molar-refractivity contribution in [3.05, 3.63) is 41.1 Å². The number of nitrogens with zero attached hydrogens (tertiary/aromatic N) is 3. The molecule has 2 aromatic rings. The Labute approximate surface area is 219 Å². The van der Waals surface area contributed by atoms with Crippen molar-refractivity contribution < 1.29 is 4.79 Å². The number of fused-ring (bicyclic) bond motifs is 1. The fraction of sp³-hybridized carbons (Fsp3) is 0.613. The molecule has 36 heavy (non-hydrogen) atoms. The van der Waals surface area contributed by atoms with Gasteiger partial charge in [0.2, 0.25) is 0 Å². The number of aromatic nitrogens is 1. The summed E-state index contributed by atoms with van der Waals surface area (Å²) < 4.78 is 2.28. The van der Waals surface area contributed by atoms with E-state index >= 15 is 0 Å². The molecule has 0 spiro atoms. The van der Waals surface area contributed by atoms with Crippen LogP contribution in [0.2, 0.25) is 0 Å². The second-order valence-corrected chi connectivity index (χ2v) is 10.3. The average molecular weight is 493 g/mol. The van der Waals surface area contributed by atoms with Crippen LogP contribution in [-0.2, 0) is 11.3 Å². The van der Waals surface area contributed by atoms with Gasteiger partial charge in [0, 0.05) is 41.8 Å². The van der Waals surface area contributed by atoms with Crippen LogP contribution in [0.5, 0.6) is 0 Å². The summed E-state index contributed by atoms with van der Waals surface area (Å²) in [6, 6.07) is 10.4. The largest absolute Gasteiger partial charge is 0.351 e. The van der Waals surface area contributed by atoms with Crippen molar-refractivity contribution in [2.45, 2.75) is 97.4 Å². The predicted octanol–water partition coefficient (Wildman–Crippen LogP) is 7.24. The van der Waals surface area contributed by atoms with E-state index in [2.05, 4.69) is 60.9 Å². The molecule has 1 aromatic carbocycles. The molecule has 1 heterocycles. The first-order valence-corrected chi connectivity index (χ1v) is 14.1. The molecule has 0 atom stereocenters. The van der Waals surface area contributed by atoms with Gasteiger partial charge in [-0.1, -0.05) is 95.8 Å². The molecular formula is C31H48N4O. The summed E-state index contributed by atoms with van der Waals surface area (Å²) in [5, 5.41) is 13.8. The third-order valence-electron chi connectivity index (χ3n) is 7.02. The number of carbonyl (C=O) groups excluding carboxylic acids is 1. The van der Waals surface area contributed by atoms with Crippen molar-refractivity contribution in [2.75, 3.05) is 27.2 Å². The van der Waals surface area contributed by atoms with E-state index in [1.807, 2.05) is 12.1 Å². The SMILES string of the molecule is CCCCCCCCCCCCCCNC(=O)/C(C#N)=C/c1c(C)n(CCN(C)C)c2ccccc12. The van der Waals surface area contributed by atoms with E-state index in [1.54, 1.807) is 6.08 Å². The minimum absolute atomic E-state index is 0.174. The summed E-state index contributed by atoms with van der Waals surface area (Å²) in [7, 11) is 4.13. The fourth-order valence-corrected chi connectivity index (χ4v) is 4.78. The summed E-state index contributed by atoms with van der Waals surface area (Å²) in [4.78, 5) is 14.9. The second kappa shape index (κ2) is 17.0. The third-order valence-corrected chi connectivity index (χ3v) is 7.02. The number of para-hydroxylation sites is 1. The zero-order valence-electron chi connectivity index (χ0n) is 23.2. The van der Waals surface area contributed by atoms with Gasteiger partial charge in [-0.25, -0.2) is 0 Å². The standard InChI is InChI=1S/C31H48N4O/c1-5-6-7-8-9-10-11-12-13-14-15-18-21-33-31(36)27(25-32)24-29-26(2)35(23-22-34(3)4)30-20-17-16-19-28(29)30/h16-17,19-20,24H,5-15,18,21-23H2,1-4H3,(H,33,36)/b27-24+. The van der Waals surface area contributed by atoms with Crippen LogP contribution in [-0.4, -0.2) is 42.6 Å². The van der Waals surface area contributed by atoms with Crippen LogP contribution in [0, 0.1) is 18.3 Å². The Kier molecular flexibility index (Phi) is 14.0. The van der Waals surface area contributed by atoms with E-state index in [0.29, 0.717) is 6.54 Å². The summed E-state index contributed by atoms with van der Waals surface area (Å²) in [5.74, 6) is -0.273. The zero-order valence-corrected chi connectivity index (χ0v) is 23.2. The first-order chi connectivity index (χ1) is 17.5. The van der Waals surface area contributed by atoms with Crippen LogP contribution < -0.4 is 5.32 Å². The van der Waals surface area contributed by atoms with Gasteiger partial charge in [0.05, 0.1) is 0 Å². The van der Waals surface area contributed by atoms with Crippen LogP contribution in [0.1, 0.15) is 95.2 Å². The maximum Gasteiger partial charge on any atom is 0.261 e. The Hall–Kier alpha value is -2.58. The number of unbranched alkanes of at least 4 members (excludes halogenated alkanes) is 11. The number of carbonyl (C=O) groups is 1. The van der Waals surface area contributed by atoms with Gasteiger partial charge in [-0.05, 0) is 39.6 Å². The maximum atomic E-state index is 12.7. The molecule has 0 aliphatic rings. The molecule has 0 unspecified atom stereocenters. The number of nitriles is 1. The van der Waals surface area contributed by atoms with Crippen LogP contribution in [0.3, 0.4) is 0 Å². The van der Waals surface area contributed by atoms with Gasteiger partial charge >= 0.3 is 0 Å². The monoisotopic (exact) mass is 492 g/mol. The van der Waals surface area contributed by atoms with Crippen LogP contribution in [0.15, 0.2) is 29.8 Å². The van der Waals surface area contributed by atoms with Gasteiger partial charge in [0.15, 0.2) is 0 Å². The molecule has 0 saturated heterocycles. The quantitative estimate of drug-likeness (QED) is 0.136.